The highest BCUT2D eigenvalue weighted by Crippen LogP contribution is 2.24. The lowest BCUT2D eigenvalue weighted by Crippen LogP contribution is -2.13. The van der Waals surface area contributed by atoms with Crippen LogP contribution in [-0.4, -0.2) is 18.1 Å². The van der Waals surface area contributed by atoms with E-state index in [-0.39, 0.29) is 11.7 Å². The Morgan fingerprint density at radius 2 is 1.82 bits per heavy atom. The highest BCUT2D eigenvalue weighted by Gasteiger charge is 2.06. The first-order valence-corrected chi connectivity index (χ1v) is 6.67. The van der Waals surface area contributed by atoms with Crippen LogP contribution in [0.3, 0.4) is 0 Å². The molecule has 0 fully saturated rings. The molecule has 2 rings (SSSR count). The zero-order valence-corrected chi connectivity index (χ0v) is 12.4. The highest BCUT2D eigenvalue weighted by molar-refractivity contribution is 6.03. The van der Waals surface area contributed by atoms with E-state index in [1.54, 1.807) is 56.5 Å². The molecule has 1 amide bonds. The first kappa shape index (κ1) is 15.4. The van der Waals surface area contributed by atoms with E-state index in [1.807, 2.05) is 0 Å². The summed E-state index contributed by atoms with van der Waals surface area (Å²) in [5.74, 6) is 0.731. The van der Waals surface area contributed by atoms with Crippen molar-refractivity contribution >= 4 is 11.6 Å². The number of anilines is 1. The van der Waals surface area contributed by atoms with Crippen molar-refractivity contribution in [2.24, 2.45) is 0 Å². The topological polar surface area (TPSA) is 67.8 Å². The Labute approximate surface area is 128 Å². The van der Waals surface area contributed by atoms with Crippen molar-refractivity contribution in [2.45, 2.75) is 6.92 Å². The van der Waals surface area contributed by atoms with E-state index in [4.69, 9.17) is 9.47 Å². The van der Waals surface area contributed by atoms with Crippen LogP contribution in [0.5, 0.6) is 17.2 Å². The molecule has 0 radical (unpaired) electrons. The Bertz CT molecular complexity index is 677. The lowest BCUT2D eigenvalue weighted by atomic mass is 10.2. The van der Waals surface area contributed by atoms with E-state index < -0.39 is 0 Å². The highest BCUT2D eigenvalue weighted by atomic mass is 16.5. The van der Waals surface area contributed by atoms with E-state index in [9.17, 15) is 9.90 Å². The van der Waals surface area contributed by atoms with Crippen LogP contribution in [0.15, 0.2) is 60.4 Å². The molecule has 0 heterocycles. The van der Waals surface area contributed by atoms with Crippen LogP contribution in [0.1, 0.15) is 6.92 Å². The van der Waals surface area contributed by atoms with Gasteiger partial charge in [-0.1, -0.05) is 12.1 Å². The number of nitrogens with one attached hydrogen (secondary N) is 1. The van der Waals surface area contributed by atoms with Crippen LogP contribution in [0.2, 0.25) is 0 Å². The zero-order chi connectivity index (χ0) is 15.9. The molecule has 0 unspecified atom stereocenters. The number of hydrogen-bond donors (Lipinski definition) is 2. The van der Waals surface area contributed by atoms with Gasteiger partial charge in [-0.3, -0.25) is 4.79 Å². The van der Waals surface area contributed by atoms with Crippen molar-refractivity contribution in [2.75, 3.05) is 12.4 Å². The molecular weight excluding hydrogens is 282 g/mol. The van der Waals surface area contributed by atoms with Crippen molar-refractivity contribution in [3.8, 4) is 17.2 Å². The molecule has 0 atom stereocenters. The summed E-state index contributed by atoms with van der Waals surface area (Å²) in [5, 5.41) is 12.3. The van der Waals surface area contributed by atoms with Crippen molar-refractivity contribution in [3.63, 3.8) is 0 Å². The Morgan fingerprint density at radius 1 is 1.14 bits per heavy atom. The summed E-state index contributed by atoms with van der Waals surface area (Å²) in [6.07, 6.45) is 1.30. The second-order valence-electron chi connectivity index (χ2n) is 4.57. The molecular formula is C17H17NO4. The first-order chi connectivity index (χ1) is 10.6. The number of para-hydroxylation sites is 2. The average molecular weight is 299 g/mol. The molecule has 0 saturated heterocycles. The van der Waals surface area contributed by atoms with Gasteiger partial charge in [-0.25, -0.2) is 0 Å². The molecule has 114 valence electrons. The second-order valence-corrected chi connectivity index (χ2v) is 4.57. The summed E-state index contributed by atoms with van der Waals surface area (Å²) in [4.78, 5) is 12.0. The predicted octanol–water partition coefficient (Wildman–Crippen LogP) is 3.32. The standard InChI is InChI=1S/C17H17NO4/c1-12(11-22-16-6-4-3-5-15(16)19)17(20)18-13-7-9-14(21-2)10-8-13/h3-11,19H,1-2H3,(H,18,20)/b12-11+. The SMILES string of the molecule is COc1ccc(NC(=O)/C(C)=C/Oc2ccccc2O)cc1. The molecule has 5 nitrogen and oxygen atoms in total. The molecule has 22 heavy (non-hydrogen) atoms. The number of aromatic hydroxyl groups is 1. The van der Waals surface area contributed by atoms with E-state index >= 15 is 0 Å². The fourth-order valence-corrected chi connectivity index (χ4v) is 1.67. The number of amides is 1. The van der Waals surface area contributed by atoms with Crippen LogP contribution >= 0.6 is 0 Å². The van der Waals surface area contributed by atoms with Gasteiger partial charge in [-0.15, -0.1) is 0 Å². The minimum absolute atomic E-state index is 0.0158. The summed E-state index contributed by atoms with van der Waals surface area (Å²) >= 11 is 0. The van der Waals surface area contributed by atoms with Gasteiger partial charge in [0.25, 0.3) is 5.91 Å². The van der Waals surface area contributed by atoms with Crippen LogP contribution in [-0.2, 0) is 4.79 Å². The van der Waals surface area contributed by atoms with Crippen molar-refractivity contribution in [1.29, 1.82) is 0 Å². The van der Waals surface area contributed by atoms with E-state index in [0.29, 0.717) is 22.8 Å². The number of methoxy groups -OCH3 is 1. The molecule has 0 bridgehead atoms. The van der Waals surface area contributed by atoms with Gasteiger partial charge in [-0.05, 0) is 43.3 Å². The zero-order valence-electron chi connectivity index (χ0n) is 12.4. The number of hydrogen-bond acceptors (Lipinski definition) is 4. The maximum Gasteiger partial charge on any atom is 0.254 e. The number of rotatable bonds is 5. The molecule has 2 N–H and O–H groups in total. The fourth-order valence-electron chi connectivity index (χ4n) is 1.67. The van der Waals surface area contributed by atoms with E-state index in [2.05, 4.69) is 5.32 Å². The molecule has 0 aliphatic rings. The Balaban J connectivity index is 1.99. The van der Waals surface area contributed by atoms with Gasteiger partial charge >= 0.3 is 0 Å². The summed E-state index contributed by atoms with van der Waals surface area (Å²) < 4.78 is 10.4. The van der Waals surface area contributed by atoms with E-state index in [1.165, 1.54) is 12.3 Å². The molecule has 0 aromatic heterocycles. The van der Waals surface area contributed by atoms with Gasteiger partial charge in [0.1, 0.15) is 5.75 Å². The maximum atomic E-state index is 12.0. The van der Waals surface area contributed by atoms with E-state index in [0.717, 1.165) is 0 Å². The van der Waals surface area contributed by atoms with Crippen LogP contribution in [0.4, 0.5) is 5.69 Å². The molecule has 5 heteroatoms. The number of carbonyl (C=O) groups is 1. The average Bonchev–Trinajstić information content (AvgIpc) is 2.54. The van der Waals surface area contributed by atoms with Gasteiger partial charge in [0.05, 0.1) is 13.4 Å². The van der Waals surface area contributed by atoms with Gasteiger partial charge in [0.2, 0.25) is 0 Å². The van der Waals surface area contributed by atoms with Crippen molar-refractivity contribution in [1.82, 2.24) is 0 Å². The number of ether oxygens (including phenoxy) is 2. The Hall–Kier alpha value is -2.95. The fraction of sp³-hybridized carbons (Fsp3) is 0.118. The lowest BCUT2D eigenvalue weighted by molar-refractivity contribution is -0.112. The van der Waals surface area contributed by atoms with Crippen LogP contribution in [0, 0.1) is 0 Å². The summed E-state index contributed by atoms with van der Waals surface area (Å²) in [7, 11) is 1.58. The third-order valence-corrected chi connectivity index (χ3v) is 2.93. The lowest BCUT2D eigenvalue weighted by Gasteiger charge is -2.07. The quantitative estimate of drug-likeness (QED) is 0.656. The minimum Gasteiger partial charge on any atom is -0.504 e. The van der Waals surface area contributed by atoms with Gasteiger partial charge < -0.3 is 19.9 Å². The first-order valence-electron chi connectivity index (χ1n) is 6.67. The molecule has 0 spiro atoms. The maximum absolute atomic E-state index is 12.0. The number of phenols is 1. The summed E-state index contributed by atoms with van der Waals surface area (Å²) in [5.41, 5.74) is 1.03. The molecule has 0 aliphatic carbocycles. The minimum atomic E-state index is -0.291. The second kappa shape index (κ2) is 7.17. The Morgan fingerprint density at radius 3 is 2.45 bits per heavy atom. The molecule has 2 aromatic rings. The predicted molar refractivity (Wildman–Crippen MR) is 84.1 cm³/mol. The number of phenolic OH excluding ortho intramolecular Hbond substituents is 1. The van der Waals surface area contributed by atoms with Gasteiger partial charge in [0.15, 0.2) is 11.5 Å². The summed E-state index contributed by atoms with van der Waals surface area (Å²) in [6.45, 7) is 1.62. The monoisotopic (exact) mass is 299 g/mol. The van der Waals surface area contributed by atoms with Crippen molar-refractivity contribution < 1.29 is 19.4 Å². The van der Waals surface area contributed by atoms with Crippen molar-refractivity contribution in [3.05, 3.63) is 60.4 Å². The normalized spacial score (nSPS) is 10.9. The largest absolute Gasteiger partial charge is 0.504 e. The van der Waals surface area contributed by atoms with Gasteiger partial charge in [-0.2, -0.15) is 0 Å². The molecule has 0 saturated carbocycles. The smallest absolute Gasteiger partial charge is 0.254 e. The van der Waals surface area contributed by atoms with Crippen LogP contribution < -0.4 is 14.8 Å². The summed E-state index contributed by atoms with van der Waals surface area (Å²) in [6, 6.07) is 13.5. The van der Waals surface area contributed by atoms with Gasteiger partial charge in [0, 0.05) is 11.3 Å². The third kappa shape index (κ3) is 4.02. The number of carbonyl (C=O) groups excluding carboxylic acids is 1. The molecule has 2 aromatic carbocycles. The third-order valence-electron chi connectivity index (χ3n) is 2.93. The Kier molecular flexibility index (Phi) is 5.03. The number of benzene rings is 2. The molecule has 0 aliphatic heterocycles. The van der Waals surface area contributed by atoms with Crippen LogP contribution in [0.25, 0.3) is 0 Å².